The first-order chi connectivity index (χ1) is 10.4. The van der Waals surface area contributed by atoms with Gasteiger partial charge in [-0.3, -0.25) is 4.79 Å². The number of amides is 1. The molecule has 2 aromatic rings. The normalized spacial score (nSPS) is 10.1. The lowest BCUT2D eigenvalue weighted by Gasteiger charge is -2.13. The van der Waals surface area contributed by atoms with E-state index in [4.69, 9.17) is 0 Å². The Morgan fingerprint density at radius 1 is 1.09 bits per heavy atom. The summed E-state index contributed by atoms with van der Waals surface area (Å²) in [5.74, 6) is -1.45. The van der Waals surface area contributed by atoms with Gasteiger partial charge in [0.15, 0.2) is 0 Å². The fourth-order valence-corrected chi connectivity index (χ4v) is 2.27. The molecule has 0 fully saturated rings. The van der Waals surface area contributed by atoms with Crippen LogP contribution in [0.2, 0.25) is 0 Å². The molecule has 0 atom stereocenters. The highest BCUT2D eigenvalue weighted by molar-refractivity contribution is 9.10. The van der Waals surface area contributed by atoms with Gasteiger partial charge in [0.1, 0.15) is 0 Å². The molecule has 0 saturated carbocycles. The molecule has 1 amide bonds. The number of nitrogens with zero attached hydrogens (tertiary/aromatic N) is 1. The third kappa shape index (κ3) is 3.65. The number of aromatic carboxylic acids is 1. The minimum Gasteiger partial charge on any atom is -0.478 e. The van der Waals surface area contributed by atoms with Gasteiger partial charge in [0.2, 0.25) is 0 Å². The molecule has 0 aliphatic heterocycles. The van der Waals surface area contributed by atoms with Crippen LogP contribution in [0.5, 0.6) is 0 Å². The quantitative estimate of drug-likeness (QED) is 0.873. The molecule has 0 spiro atoms. The average Bonchev–Trinajstić information content (AvgIpc) is 2.48. The standard InChI is InChI=1S/C16H15BrN2O3/c1-19(2)12-6-3-10(4-7-12)15(20)18-14-8-5-11(17)9-13(14)16(21)22/h3-9H,1-2H3,(H,18,20)(H,21,22). The van der Waals surface area contributed by atoms with Crippen LogP contribution in [0.3, 0.4) is 0 Å². The van der Waals surface area contributed by atoms with Crippen molar-refractivity contribution in [3.05, 3.63) is 58.1 Å². The Bertz CT molecular complexity index is 712. The van der Waals surface area contributed by atoms with E-state index in [1.165, 1.54) is 6.07 Å². The first-order valence-electron chi connectivity index (χ1n) is 6.50. The van der Waals surface area contributed by atoms with Gasteiger partial charge in [-0.1, -0.05) is 15.9 Å². The number of carbonyl (C=O) groups is 2. The SMILES string of the molecule is CN(C)c1ccc(C(=O)Nc2ccc(Br)cc2C(=O)O)cc1. The highest BCUT2D eigenvalue weighted by Gasteiger charge is 2.14. The van der Waals surface area contributed by atoms with Crippen molar-refractivity contribution in [3.8, 4) is 0 Å². The van der Waals surface area contributed by atoms with Crippen molar-refractivity contribution < 1.29 is 14.7 Å². The lowest BCUT2D eigenvalue weighted by Crippen LogP contribution is -2.15. The Morgan fingerprint density at radius 3 is 2.27 bits per heavy atom. The van der Waals surface area contributed by atoms with Crippen molar-refractivity contribution in [2.75, 3.05) is 24.3 Å². The second-order valence-corrected chi connectivity index (χ2v) is 5.81. The summed E-state index contributed by atoms with van der Waals surface area (Å²) in [6.07, 6.45) is 0. The first-order valence-corrected chi connectivity index (χ1v) is 7.29. The summed E-state index contributed by atoms with van der Waals surface area (Å²) in [6.45, 7) is 0. The Kier molecular flexibility index (Phi) is 4.82. The molecule has 0 radical (unpaired) electrons. The van der Waals surface area contributed by atoms with Crippen LogP contribution in [0, 0.1) is 0 Å². The third-order valence-electron chi connectivity index (χ3n) is 3.11. The van der Waals surface area contributed by atoms with E-state index < -0.39 is 5.97 Å². The second kappa shape index (κ2) is 6.62. The van der Waals surface area contributed by atoms with Crippen LogP contribution in [0.1, 0.15) is 20.7 Å². The number of hydrogen-bond donors (Lipinski definition) is 2. The van der Waals surface area contributed by atoms with Crippen LogP contribution in [0.4, 0.5) is 11.4 Å². The summed E-state index contributed by atoms with van der Waals surface area (Å²) in [7, 11) is 3.83. The number of carboxylic acids is 1. The smallest absolute Gasteiger partial charge is 0.337 e. The molecule has 2 N–H and O–H groups in total. The van der Waals surface area contributed by atoms with Crippen LogP contribution in [0.25, 0.3) is 0 Å². The van der Waals surface area contributed by atoms with E-state index in [1.54, 1.807) is 24.3 Å². The van der Waals surface area contributed by atoms with E-state index >= 15 is 0 Å². The highest BCUT2D eigenvalue weighted by atomic mass is 79.9. The summed E-state index contributed by atoms with van der Waals surface area (Å²) in [6, 6.07) is 11.7. The molecule has 0 unspecified atom stereocenters. The molecule has 0 aliphatic rings. The summed E-state index contributed by atoms with van der Waals surface area (Å²) in [5.41, 5.74) is 1.74. The first kappa shape index (κ1) is 16.0. The predicted octanol–water partition coefficient (Wildman–Crippen LogP) is 3.47. The zero-order valence-corrected chi connectivity index (χ0v) is 13.7. The summed E-state index contributed by atoms with van der Waals surface area (Å²) >= 11 is 3.22. The van der Waals surface area contributed by atoms with Crippen molar-refractivity contribution in [3.63, 3.8) is 0 Å². The molecular weight excluding hydrogens is 348 g/mol. The molecule has 2 rings (SSSR count). The van der Waals surface area contributed by atoms with Gasteiger partial charge >= 0.3 is 5.97 Å². The molecule has 2 aromatic carbocycles. The van der Waals surface area contributed by atoms with Gasteiger partial charge in [-0.05, 0) is 42.5 Å². The van der Waals surface area contributed by atoms with E-state index in [0.29, 0.717) is 10.0 Å². The number of anilines is 2. The number of halogens is 1. The number of hydrogen-bond acceptors (Lipinski definition) is 3. The van der Waals surface area contributed by atoms with Crippen LogP contribution >= 0.6 is 15.9 Å². The van der Waals surface area contributed by atoms with Gasteiger partial charge < -0.3 is 15.3 Å². The molecule has 0 bridgehead atoms. The van der Waals surface area contributed by atoms with E-state index in [9.17, 15) is 14.7 Å². The maximum atomic E-state index is 12.2. The molecular formula is C16H15BrN2O3. The van der Waals surface area contributed by atoms with Crippen LogP contribution < -0.4 is 10.2 Å². The van der Waals surface area contributed by atoms with E-state index in [0.717, 1.165) is 5.69 Å². The number of carboxylic acid groups (broad SMARTS) is 1. The van der Waals surface area contributed by atoms with Crippen molar-refractivity contribution in [2.24, 2.45) is 0 Å². The van der Waals surface area contributed by atoms with Crippen LogP contribution in [0.15, 0.2) is 46.9 Å². The number of benzene rings is 2. The average molecular weight is 363 g/mol. The molecule has 0 aliphatic carbocycles. The maximum absolute atomic E-state index is 12.2. The van der Waals surface area contributed by atoms with E-state index in [-0.39, 0.29) is 17.2 Å². The molecule has 0 aromatic heterocycles. The molecule has 5 nitrogen and oxygen atoms in total. The molecule has 114 valence electrons. The fraction of sp³-hybridized carbons (Fsp3) is 0.125. The Labute approximate surface area is 136 Å². The second-order valence-electron chi connectivity index (χ2n) is 4.89. The summed E-state index contributed by atoms with van der Waals surface area (Å²) in [4.78, 5) is 25.4. The van der Waals surface area contributed by atoms with Gasteiger partial charge in [0.25, 0.3) is 5.91 Å². The minimum absolute atomic E-state index is 0.0348. The monoisotopic (exact) mass is 362 g/mol. The largest absolute Gasteiger partial charge is 0.478 e. The topological polar surface area (TPSA) is 69.6 Å². The lowest BCUT2D eigenvalue weighted by atomic mass is 10.1. The van der Waals surface area contributed by atoms with E-state index in [1.807, 2.05) is 31.1 Å². The highest BCUT2D eigenvalue weighted by Crippen LogP contribution is 2.22. The van der Waals surface area contributed by atoms with E-state index in [2.05, 4.69) is 21.2 Å². The van der Waals surface area contributed by atoms with Crippen molar-refractivity contribution in [2.45, 2.75) is 0 Å². The molecule has 0 saturated heterocycles. The zero-order valence-electron chi connectivity index (χ0n) is 12.1. The maximum Gasteiger partial charge on any atom is 0.337 e. The van der Waals surface area contributed by atoms with Crippen LogP contribution in [-0.2, 0) is 0 Å². The lowest BCUT2D eigenvalue weighted by molar-refractivity contribution is 0.0698. The number of carbonyl (C=O) groups excluding carboxylic acids is 1. The summed E-state index contributed by atoms with van der Waals surface area (Å²) in [5, 5.41) is 11.8. The zero-order chi connectivity index (χ0) is 16.3. The number of nitrogens with one attached hydrogen (secondary N) is 1. The van der Waals surface area contributed by atoms with Gasteiger partial charge in [-0.2, -0.15) is 0 Å². The molecule has 22 heavy (non-hydrogen) atoms. The Morgan fingerprint density at radius 2 is 1.73 bits per heavy atom. The van der Waals surface area contributed by atoms with Gasteiger partial charge in [0.05, 0.1) is 11.3 Å². The Hall–Kier alpha value is -2.34. The number of rotatable bonds is 4. The molecule has 6 heteroatoms. The van der Waals surface area contributed by atoms with Gasteiger partial charge in [-0.25, -0.2) is 4.79 Å². The van der Waals surface area contributed by atoms with Gasteiger partial charge in [-0.15, -0.1) is 0 Å². The van der Waals surface area contributed by atoms with Crippen molar-refractivity contribution >= 4 is 39.2 Å². The van der Waals surface area contributed by atoms with Crippen molar-refractivity contribution in [1.82, 2.24) is 0 Å². The third-order valence-corrected chi connectivity index (χ3v) is 3.60. The van der Waals surface area contributed by atoms with Crippen LogP contribution in [-0.4, -0.2) is 31.1 Å². The van der Waals surface area contributed by atoms with Crippen molar-refractivity contribution in [1.29, 1.82) is 0 Å². The Balaban J connectivity index is 2.23. The minimum atomic E-state index is -1.10. The fourth-order valence-electron chi connectivity index (χ4n) is 1.91. The molecule has 0 heterocycles. The summed E-state index contributed by atoms with van der Waals surface area (Å²) < 4.78 is 0.637. The van der Waals surface area contributed by atoms with Gasteiger partial charge in [0, 0.05) is 29.8 Å². The predicted molar refractivity (Wildman–Crippen MR) is 89.8 cm³/mol.